The Bertz CT molecular complexity index is 587. The molecule has 0 amide bonds. The molecule has 1 aliphatic rings. The summed E-state index contributed by atoms with van der Waals surface area (Å²) in [4.78, 5) is 4.35. The van der Waals surface area contributed by atoms with Crippen LogP contribution in [0.25, 0.3) is 11.4 Å². The molecule has 0 aliphatic heterocycles. The van der Waals surface area contributed by atoms with Crippen molar-refractivity contribution >= 4 is 23.2 Å². The standard InChI is InChI=1S/C13H13Cl2N3O/c14-9-4-8(5-10(15)6-9)12-17-11(19-18-12)7-13(16)2-1-3-13/h4-6H,1-3,7,16H2. The highest BCUT2D eigenvalue weighted by molar-refractivity contribution is 6.35. The van der Waals surface area contributed by atoms with Crippen LogP contribution in [-0.4, -0.2) is 15.7 Å². The van der Waals surface area contributed by atoms with Gasteiger partial charge >= 0.3 is 0 Å². The maximum absolute atomic E-state index is 6.16. The molecule has 1 fully saturated rings. The summed E-state index contributed by atoms with van der Waals surface area (Å²) >= 11 is 11.9. The molecule has 0 saturated heterocycles. The van der Waals surface area contributed by atoms with Crippen LogP contribution in [0.3, 0.4) is 0 Å². The van der Waals surface area contributed by atoms with Crippen LogP contribution in [0.1, 0.15) is 25.2 Å². The van der Waals surface area contributed by atoms with E-state index in [-0.39, 0.29) is 5.54 Å². The Kier molecular flexibility index (Phi) is 3.25. The van der Waals surface area contributed by atoms with Crippen molar-refractivity contribution in [2.75, 3.05) is 0 Å². The van der Waals surface area contributed by atoms with Gasteiger partial charge < -0.3 is 10.3 Å². The predicted molar refractivity (Wildman–Crippen MR) is 74.2 cm³/mol. The van der Waals surface area contributed by atoms with Crippen LogP contribution in [0.5, 0.6) is 0 Å². The maximum Gasteiger partial charge on any atom is 0.228 e. The molecular weight excluding hydrogens is 285 g/mol. The van der Waals surface area contributed by atoms with Gasteiger partial charge in [0.25, 0.3) is 0 Å². The molecule has 0 atom stereocenters. The number of benzene rings is 1. The van der Waals surface area contributed by atoms with Gasteiger partial charge in [0.1, 0.15) is 0 Å². The second-order valence-electron chi connectivity index (χ2n) is 5.06. The van der Waals surface area contributed by atoms with E-state index in [2.05, 4.69) is 10.1 Å². The molecule has 19 heavy (non-hydrogen) atoms. The van der Waals surface area contributed by atoms with Crippen LogP contribution in [0.15, 0.2) is 22.7 Å². The fraction of sp³-hybridized carbons (Fsp3) is 0.385. The summed E-state index contributed by atoms with van der Waals surface area (Å²) in [6.07, 6.45) is 3.80. The van der Waals surface area contributed by atoms with Gasteiger partial charge in [-0.1, -0.05) is 28.4 Å². The lowest BCUT2D eigenvalue weighted by Gasteiger charge is -2.36. The molecule has 1 aromatic heterocycles. The summed E-state index contributed by atoms with van der Waals surface area (Å²) in [5.74, 6) is 1.05. The Morgan fingerprint density at radius 2 is 1.89 bits per heavy atom. The number of hydrogen-bond acceptors (Lipinski definition) is 4. The van der Waals surface area contributed by atoms with E-state index in [4.69, 9.17) is 33.5 Å². The molecule has 1 aliphatic carbocycles. The lowest BCUT2D eigenvalue weighted by Crippen LogP contribution is -2.48. The zero-order valence-corrected chi connectivity index (χ0v) is 11.7. The highest BCUT2D eigenvalue weighted by Crippen LogP contribution is 2.32. The lowest BCUT2D eigenvalue weighted by molar-refractivity contribution is 0.222. The Balaban J connectivity index is 1.84. The first-order valence-electron chi connectivity index (χ1n) is 6.12. The summed E-state index contributed by atoms with van der Waals surface area (Å²) in [6, 6.07) is 5.17. The number of nitrogens with two attached hydrogens (primary N) is 1. The molecule has 2 N–H and O–H groups in total. The number of hydrogen-bond donors (Lipinski definition) is 1. The molecule has 1 saturated carbocycles. The van der Waals surface area contributed by atoms with Crippen molar-refractivity contribution < 1.29 is 4.52 Å². The number of halogens is 2. The summed E-state index contributed by atoms with van der Waals surface area (Å²) < 4.78 is 5.24. The van der Waals surface area contributed by atoms with Gasteiger partial charge in [-0.25, -0.2) is 0 Å². The summed E-state index contributed by atoms with van der Waals surface area (Å²) in [5, 5.41) is 5.04. The highest BCUT2D eigenvalue weighted by Gasteiger charge is 2.34. The van der Waals surface area contributed by atoms with E-state index in [1.54, 1.807) is 18.2 Å². The Morgan fingerprint density at radius 3 is 2.47 bits per heavy atom. The van der Waals surface area contributed by atoms with Crippen LogP contribution >= 0.6 is 23.2 Å². The SMILES string of the molecule is NC1(Cc2nc(-c3cc(Cl)cc(Cl)c3)no2)CCC1. The first-order chi connectivity index (χ1) is 9.04. The van der Waals surface area contributed by atoms with Crippen molar-refractivity contribution in [2.45, 2.75) is 31.2 Å². The van der Waals surface area contributed by atoms with Gasteiger partial charge in [0.05, 0.1) is 0 Å². The van der Waals surface area contributed by atoms with Gasteiger partial charge in [0.2, 0.25) is 11.7 Å². The van der Waals surface area contributed by atoms with Crippen molar-refractivity contribution in [3.63, 3.8) is 0 Å². The van der Waals surface area contributed by atoms with E-state index < -0.39 is 0 Å². The summed E-state index contributed by atoms with van der Waals surface area (Å²) in [7, 11) is 0. The molecule has 0 spiro atoms. The second-order valence-corrected chi connectivity index (χ2v) is 5.94. The molecule has 1 aromatic carbocycles. The third-order valence-corrected chi connectivity index (χ3v) is 3.88. The number of rotatable bonds is 3. The monoisotopic (exact) mass is 297 g/mol. The zero-order valence-electron chi connectivity index (χ0n) is 10.2. The van der Waals surface area contributed by atoms with Crippen molar-refractivity contribution in [1.29, 1.82) is 0 Å². The second kappa shape index (κ2) is 4.78. The normalized spacial score (nSPS) is 17.2. The predicted octanol–water partition coefficient (Wildman–Crippen LogP) is 3.47. The third-order valence-electron chi connectivity index (χ3n) is 3.44. The van der Waals surface area contributed by atoms with Gasteiger partial charge in [-0.15, -0.1) is 0 Å². The zero-order chi connectivity index (χ0) is 13.5. The largest absolute Gasteiger partial charge is 0.339 e. The van der Waals surface area contributed by atoms with E-state index in [9.17, 15) is 0 Å². The Labute approximate surface area is 120 Å². The fourth-order valence-electron chi connectivity index (χ4n) is 2.24. The minimum atomic E-state index is -0.171. The van der Waals surface area contributed by atoms with Crippen molar-refractivity contribution in [3.8, 4) is 11.4 Å². The van der Waals surface area contributed by atoms with Crippen LogP contribution in [0, 0.1) is 0 Å². The van der Waals surface area contributed by atoms with Crippen LogP contribution in [0.4, 0.5) is 0 Å². The Morgan fingerprint density at radius 1 is 1.21 bits per heavy atom. The minimum absolute atomic E-state index is 0.171. The van der Waals surface area contributed by atoms with E-state index in [0.717, 1.165) is 18.4 Å². The number of nitrogens with zero attached hydrogens (tertiary/aromatic N) is 2. The van der Waals surface area contributed by atoms with E-state index in [0.29, 0.717) is 28.2 Å². The van der Waals surface area contributed by atoms with E-state index >= 15 is 0 Å². The fourth-order valence-corrected chi connectivity index (χ4v) is 2.76. The molecule has 100 valence electrons. The van der Waals surface area contributed by atoms with Crippen LogP contribution < -0.4 is 5.73 Å². The van der Waals surface area contributed by atoms with Crippen molar-refractivity contribution in [2.24, 2.45) is 5.73 Å². The smallest absolute Gasteiger partial charge is 0.228 e. The Hall–Kier alpha value is -1.10. The molecule has 3 rings (SSSR count). The molecule has 0 unspecified atom stereocenters. The van der Waals surface area contributed by atoms with Gasteiger partial charge in [0.15, 0.2) is 0 Å². The average molecular weight is 298 g/mol. The van der Waals surface area contributed by atoms with Crippen molar-refractivity contribution in [1.82, 2.24) is 10.1 Å². The molecule has 0 radical (unpaired) electrons. The topological polar surface area (TPSA) is 64.9 Å². The lowest BCUT2D eigenvalue weighted by atomic mass is 9.75. The highest BCUT2D eigenvalue weighted by atomic mass is 35.5. The maximum atomic E-state index is 6.16. The van der Waals surface area contributed by atoms with Gasteiger partial charge in [0, 0.05) is 27.6 Å². The van der Waals surface area contributed by atoms with Gasteiger partial charge in [-0.2, -0.15) is 4.98 Å². The average Bonchev–Trinajstić information content (AvgIpc) is 2.74. The number of aromatic nitrogens is 2. The first-order valence-corrected chi connectivity index (χ1v) is 6.88. The quantitative estimate of drug-likeness (QED) is 0.942. The molecule has 0 bridgehead atoms. The molecular formula is C13H13Cl2N3O. The van der Waals surface area contributed by atoms with Gasteiger partial charge in [-0.05, 0) is 37.5 Å². The molecule has 6 heteroatoms. The molecule has 1 heterocycles. The van der Waals surface area contributed by atoms with E-state index in [1.165, 1.54) is 6.42 Å². The molecule has 2 aromatic rings. The molecule has 4 nitrogen and oxygen atoms in total. The first kappa shape index (κ1) is 12.9. The van der Waals surface area contributed by atoms with E-state index in [1.807, 2.05) is 0 Å². The van der Waals surface area contributed by atoms with Gasteiger partial charge in [-0.3, -0.25) is 0 Å². The minimum Gasteiger partial charge on any atom is -0.339 e. The third kappa shape index (κ3) is 2.76. The van der Waals surface area contributed by atoms with Crippen LogP contribution in [-0.2, 0) is 6.42 Å². The summed E-state index contributed by atoms with van der Waals surface area (Å²) in [5.41, 5.74) is 6.73. The van der Waals surface area contributed by atoms with Crippen LogP contribution in [0.2, 0.25) is 10.0 Å². The summed E-state index contributed by atoms with van der Waals surface area (Å²) in [6.45, 7) is 0. The van der Waals surface area contributed by atoms with Crippen molar-refractivity contribution in [3.05, 3.63) is 34.1 Å².